The number of carbonyl (C=O) groups excluding carboxylic acids is 1. The maximum atomic E-state index is 11.6. The van der Waals surface area contributed by atoms with E-state index in [1.54, 1.807) is 7.11 Å². The van der Waals surface area contributed by atoms with E-state index >= 15 is 0 Å². The predicted molar refractivity (Wildman–Crippen MR) is 76.9 cm³/mol. The molecule has 0 saturated heterocycles. The third-order valence-corrected chi connectivity index (χ3v) is 3.50. The van der Waals surface area contributed by atoms with Gasteiger partial charge in [0, 0.05) is 12.5 Å². The maximum absolute atomic E-state index is 11.6. The third-order valence-electron chi connectivity index (χ3n) is 2.88. The van der Waals surface area contributed by atoms with Crippen LogP contribution < -0.4 is 10.1 Å². The summed E-state index contributed by atoms with van der Waals surface area (Å²) in [5, 5.41) is 2.96. The highest BCUT2D eigenvalue weighted by molar-refractivity contribution is 9.10. The van der Waals surface area contributed by atoms with Gasteiger partial charge in [-0.15, -0.1) is 0 Å². The number of rotatable bonds is 6. The van der Waals surface area contributed by atoms with Gasteiger partial charge < -0.3 is 10.1 Å². The lowest BCUT2D eigenvalue weighted by atomic mass is 10.1. The van der Waals surface area contributed by atoms with E-state index in [-0.39, 0.29) is 11.9 Å². The van der Waals surface area contributed by atoms with E-state index in [1.165, 1.54) is 0 Å². The van der Waals surface area contributed by atoms with E-state index < -0.39 is 0 Å². The quantitative estimate of drug-likeness (QED) is 0.875. The van der Waals surface area contributed by atoms with Gasteiger partial charge in [-0.3, -0.25) is 4.79 Å². The third kappa shape index (κ3) is 4.69. The van der Waals surface area contributed by atoms with Crippen LogP contribution in [0.25, 0.3) is 0 Å². The second kappa shape index (κ2) is 7.41. The number of amides is 1. The van der Waals surface area contributed by atoms with Crippen LogP contribution >= 0.6 is 15.9 Å². The van der Waals surface area contributed by atoms with Gasteiger partial charge >= 0.3 is 0 Å². The number of halogens is 1. The van der Waals surface area contributed by atoms with Crippen molar-refractivity contribution < 1.29 is 9.53 Å². The normalized spacial score (nSPS) is 12.0. The lowest BCUT2D eigenvalue weighted by Gasteiger charge is -2.11. The molecule has 0 aliphatic heterocycles. The van der Waals surface area contributed by atoms with Gasteiger partial charge in [-0.25, -0.2) is 0 Å². The van der Waals surface area contributed by atoms with Crippen LogP contribution in [0.2, 0.25) is 0 Å². The Kier molecular flexibility index (Phi) is 6.19. The van der Waals surface area contributed by atoms with Crippen LogP contribution in [0, 0.1) is 0 Å². The fraction of sp³-hybridized carbons (Fsp3) is 0.500. The molecule has 1 unspecified atom stereocenters. The highest BCUT2D eigenvalue weighted by Gasteiger charge is 2.07. The molecule has 0 fully saturated rings. The summed E-state index contributed by atoms with van der Waals surface area (Å²) < 4.78 is 6.09. The van der Waals surface area contributed by atoms with Crippen molar-refractivity contribution in [2.45, 2.75) is 39.2 Å². The van der Waals surface area contributed by atoms with Gasteiger partial charge in [0.1, 0.15) is 5.75 Å². The summed E-state index contributed by atoms with van der Waals surface area (Å²) in [6, 6.07) is 6.14. The lowest BCUT2D eigenvalue weighted by molar-refractivity contribution is -0.121. The Morgan fingerprint density at radius 3 is 2.78 bits per heavy atom. The van der Waals surface area contributed by atoms with Gasteiger partial charge in [0.15, 0.2) is 0 Å². The van der Waals surface area contributed by atoms with Crippen molar-refractivity contribution >= 4 is 21.8 Å². The van der Waals surface area contributed by atoms with Crippen molar-refractivity contribution in [1.29, 1.82) is 0 Å². The SMILES string of the molecule is CCC(C)NC(=O)CCc1ccc(OC)c(Br)c1. The molecule has 100 valence electrons. The van der Waals surface area contributed by atoms with Crippen LogP contribution in [-0.4, -0.2) is 19.1 Å². The van der Waals surface area contributed by atoms with Crippen molar-refractivity contribution in [2.24, 2.45) is 0 Å². The Balaban J connectivity index is 2.48. The van der Waals surface area contributed by atoms with E-state index in [4.69, 9.17) is 4.74 Å². The summed E-state index contributed by atoms with van der Waals surface area (Å²) in [6.07, 6.45) is 2.22. The summed E-state index contributed by atoms with van der Waals surface area (Å²) in [5.74, 6) is 0.916. The summed E-state index contributed by atoms with van der Waals surface area (Å²) in [5.41, 5.74) is 1.13. The number of hydrogen-bond acceptors (Lipinski definition) is 2. The molecular formula is C14H20BrNO2. The monoisotopic (exact) mass is 313 g/mol. The molecule has 1 rings (SSSR count). The number of ether oxygens (including phenoxy) is 1. The molecule has 0 radical (unpaired) electrons. The second-order valence-electron chi connectivity index (χ2n) is 4.35. The number of hydrogen-bond donors (Lipinski definition) is 1. The number of aryl methyl sites for hydroxylation is 1. The van der Waals surface area contributed by atoms with Gasteiger partial charge in [-0.2, -0.15) is 0 Å². The van der Waals surface area contributed by atoms with Crippen LogP contribution in [0.3, 0.4) is 0 Å². The smallest absolute Gasteiger partial charge is 0.220 e. The van der Waals surface area contributed by atoms with E-state index in [0.29, 0.717) is 6.42 Å². The maximum Gasteiger partial charge on any atom is 0.220 e. The minimum Gasteiger partial charge on any atom is -0.496 e. The minimum atomic E-state index is 0.108. The molecule has 0 spiro atoms. The first-order valence-electron chi connectivity index (χ1n) is 6.18. The van der Waals surface area contributed by atoms with Crippen molar-refractivity contribution in [1.82, 2.24) is 5.32 Å². The Bertz CT molecular complexity index is 407. The van der Waals surface area contributed by atoms with Crippen LogP contribution in [0.1, 0.15) is 32.3 Å². The fourth-order valence-corrected chi connectivity index (χ4v) is 2.16. The first-order valence-corrected chi connectivity index (χ1v) is 6.97. The molecule has 1 N–H and O–H groups in total. The largest absolute Gasteiger partial charge is 0.496 e. The summed E-state index contributed by atoms with van der Waals surface area (Å²) >= 11 is 3.44. The molecule has 3 nitrogen and oxygen atoms in total. The minimum absolute atomic E-state index is 0.108. The predicted octanol–water partition coefficient (Wildman–Crippen LogP) is 3.31. The van der Waals surface area contributed by atoms with Crippen molar-refractivity contribution in [3.05, 3.63) is 28.2 Å². The molecule has 1 aromatic carbocycles. The molecule has 1 amide bonds. The average Bonchev–Trinajstić information content (AvgIpc) is 2.36. The Labute approximate surface area is 117 Å². The zero-order chi connectivity index (χ0) is 13.5. The summed E-state index contributed by atoms with van der Waals surface area (Å²) in [4.78, 5) is 11.6. The first kappa shape index (κ1) is 15.0. The van der Waals surface area contributed by atoms with Crippen LogP contribution in [0.15, 0.2) is 22.7 Å². The van der Waals surface area contributed by atoms with E-state index in [1.807, 2.05) is 25.1 Å². The Morgan fingerprint density at radius 2 is 2.22 bits per heavy atom. The molecule has 0 aliphatic carbocycles. The van der Waals surface area contributed by atoms with Crippen molar-refractivity contribution in [3.63, 3.8) is 0 Å². The molecular weight excluding hydrogens is 294 g/mol. The van der Waals surface area contributed by atoms with Crippen LogP contribution in [0.4, 0.5) is 0 Å². The van der Waals surface area contributed by atoms with Gasteiger partial charge in [-0.05, 0) is 53.4 Å². The summed E-state index contributed by atoms with van der Waals surface area (Å²) in [7, 11) is 1.64. The standard InChI is InChI=1S/C14H20BrNO2/c1-4-10(2)16-14(17)8-6-11-5-7-13(18-3)12(15)9-11/h5,7,9-10H,4,6,8H2,1-3H3,(H,16,17). The molecule has 0 heterocycles. The summed E-state index contributed by atoms with van der Waals surface area (Å²) in [6.45, 7) is 4.08. The van der Waals surface area contributed by atoms with Crippen molar-refractivity contribution in [2.75, 3.05) is 7.11 Å². The number of methoxy groups -OCH3 is 1. The second-order valence-corrected chi connectivity index (χ2v) is 5.20. The molecule has 1 atom stereocenters. The Hall–Kier alpha value is -1.03. The zero-order valence-electron chi connectivity index (χ0n) is 11.1. The van der Waals surface area contributed by atoms with Gasteiger partial charge in [0.05, 0.1) is 11.6 Å². The number of benzene rings is 1. The van der Waals surface area contributed by atoms with E-state index in [2.05, 4.69) is 28.2 Å². The van der Waals surface area contributed by atoms with Gasteiger partial charge in [-0.1, -0.05) is 13.0 Å². The molecule has 4 heteroatoms. The molecule has 0 aromatic heterocycles. The topological polar surface area (TPSA) is 38.3 Å². The molecule has 18 heavy (non-hydrogen) atoms. The van der Waals surface area contributed by atoms with Gasteiger partial charge in [0.2, 0.25) is 5.91 Å². The molecule has 1 aromatic rings. The molecule has 0 aliphatic rings. The molecule has 0 bridgehead atoms. The van der Waals surface area contributed by atoms with Crippen molar-refractivity contribution in [3.8, 4) is 5.75 Å². The average molecular weight is 314 g/mol. The van der Waals surface area contributed by atoms with E-state index in [0.717, 1.165) is 28.6 Å². The van der Waals surface area contributed by atoms with E-state index in [9.17, 15) is 4.79 Å². The highest BCUT2D eigenvalue weighted by Crippen LogP contribution is 2.25. The lowest BCUT2D eigenvalue weighted by Crippen LogP contribution is -2.31. The highest BCUT2D eigenvalue weighted by atomic mass is 79.9. The van der Waals surface area contributed by atoms with Crippen LogP contribution in [-0.2, 0) is 11.2 Å². The zero-order valence-corrected chi connectivity index (χ0v) is 12.7. The number of carbonyl (C=O) groups is 1. The Morgan fingerprint density at radius 1 is 1.50 bits per heavy atom. The van der Waals surface area contributed by atoms with Gasteiger partial charge in [0.25, 0.3) is 0 Å². The fourth-order valence-electron chi connectivity index (χ4n) is 1.57. The number of nitrogens with one attached hydrogen (secondary N) is 1. The first-order chi connectivity index (χ1) is 8.56. The molecule has 0 saturated carbocycles. The van der Waals surface area contributed by atoms with Crippen LogP contribution in [0.5, 0.6) is 5.75 Å².